The Morgan fingerprint density at radius 1 is 1.17 bits per heavy atom. The molecule has 1 aromatic rings. The Bertz CT molecular complexity index is 408. The number of ketones is 1. The van der Waals surface area contributed by atoms with E-state index in [9.17, 15) is 4.79 Å². The lowest BCUT2D eigenvalue weighted by atomic mass is 10.0. The van der Waals surface area contributed by atoms with Crippen LogP contribution in [-0.4, -0.2) is 47.1 Å². The van der Waals surface area contributed by atoms with Crippen LogP contribution in [-0.2, 0) is 10.9 Å². The van der Waals surface area contributed by atoms with Gasteiger partial charge in [-0.05, 0) is 20.9 Å². The van der Waals surface area contributed by atoms with Crippen LogP contribution in [0, 0.1) is 0 Å². The summed E-state index contributed by atoms with van der Waals surface area (Å²) in [4.78, 5) is 15.0. The van der Waals surface area contributed by atoms with Gasteiger partial charge in [0.15, 0.2) is 4.75 Å². The van der Waals surface area contributed by atoms with Crippen LogP contribution in [0.3, 0.4) is 0 Å². The standard InChI is InChI=1S/C15H22NOS/c1-15(2,18-11-9-16(3)10-12-18)14(17)13-7-5-4-6-8-13/h4-8H,9-12H2,1-3H3/q+1. The Labute approximate surface area is 113 Å². The van der Waals surface area contributed by atoms with Crippen molar-refractivity contribution >= 4 is 16.7 Å². The number of rotatable bonds is 3. The molecule has 1 aliphatic rings. The lowest BCUT2D eigenvalue weighted by molar-refractivity contribution is 0.0956. The van der Waals surface area contributed by atoms with Crippen molar-refractivity contribution in [2.24, 2.45) is 0 Å². The first-order chi connectivity index (χ1) is 8.51. The fourth-order valence-electron chi connectivity index (χ4n) is 2.32. The van der Waals surface area contributed by atoms with Gasteiger partial charge in [-0.2, -0.15) is 0 Å². The van der Waals surface area contributed by atoms with Gasteiger partial charge in [-0.15, -0.1) is 0 Å². The second kappa shape index (κ2) is 5.45. The van der Waals surface area contributed by atoms with Gasteiger partial charge >= 0.3 is 0 Å². The van der Waals surface area contributed by atoms with Crippen molar-refractivity contribution in [1.82, 2.24) is 4.90 Å². The van der Waals surface area contributed by atoms with Crippen LogP contribution in [0.25, 0.3) is 0 Å². The zero-order valence-corrected chi connectivity index (χ0v) is 12.3. The van der Waals surface area contributed by atoms with Gasteiger partial charge in [0, 0.05) is 29.5 Å². The van der Waals surface area contributed by atoms with E-state index >= 15 is 0 Å². The molecule has 3 heteroatoms. The maximum Gasteiger partial charge on any atom is 0.217 e. The quantitative estimate of drug-likeness (QED) is 0.616. The Balaban J connectivity index is 2.13. The summed E-state index contributed by atoms with van der Waals surface area (Å²) in [6.45, 7) is 6.48. The first-order valence-corrected chi connectivity index (χ1v) is 8.04. The summed E-state index contributed by atoms with van der Waals surface area (Å²) in [5.74, 6) is 2.61. The first-order valence-electron chi connectivity index (χ1n) is 6.48. The Hall–Kier alpha value is -0.800. The molecule has 0 spiro atoms. The van der Waals surface area contributed by atoms with Crippen LogP contribution >= 0.6 is 0 Å². The molecule has 0 amide bonds. The first kappa shape index (κ1) is 13.6. The number of carbonyl (C=O) groups excluding carboxylic acids is 1. The molecule has 0 radical (unpaired) electrons. The molecule has 0 atom stereocenters. The summed E-state index contributed by atoms with van der Waals surface area (Å²) in [5.41, 5.74) is 0.855. The van der Waals surface area contributed by atoms with E-state index < -0.39 is 0 Å². The summed E-state index contributed by atoms with van der Waals surface area (Å²) in [7, 11) is 2.36. The van der Waals surface area contributed by atoms with E-state index in [1.807, 2.05) is 30.3 Å². The smallest absolute Gasteiger partial charge is 0.217 e. The molecule has 0 saturated carbocycles. The van der Waals surface area contributed by atoms with Crippen molar-refractivity contribution in [1.29, 1.82) is 0 Å². The molecule has 2 rings (SSSR count). The van der Waals surface area contributed by atoms with Crippen molar-refractivity contribution < 1.29 is 4.79 Å². The molecule has 0 bridgehead atoms. The molecule has 0 N–H and O–H groups in total. The van der Waals surface area contributed by atoms with Crippen molar-refractivity contribution in [2.75, 3.05) is 31.6 Å². The van der Waals surface area contributed by atoms with Gasteiger partial charge in [0.25, 0.3) is 0 Å². The number of benzene rings is 1. The van der Waals surface area contributed by atoms with Crippen molar-refractivity contribution in [3.63, 3.8) is 0 Å². The van der Waals surface area contributed by atoms with Gasteiger partial charge in [-0.25, -0.2) is 0 Å². The zero-order chi connectivity index (χ0) is 13.2. The maximum absolute atomic E-state index is 12.6. The molecular weight excluding hydrogens is 242 g/mol. The summed E-state index contributed by atoms with van der Waals surface area (Å²) in [6, 6.07) is 9.72. The van der Waals surface area contributed by atoms with E-state index in [-0.39, 0.29) is 15.6 Å². The molecule has 2 nitrogen and oxygen atoms in total. The van der Waals surface area contributed by atoms with Crippen molar-refractivity contribution in [3.05, 3.63) is 35.9 Å². The topological polar surface area (TPSA) is 20.3 Å². The Morgan fingerprint density at radius 3 is 2.28 bits per heavy atom. The summed E-state index contributed by atoms with van der Waals surface area (Å²) >= 11 is 0. The van der Waals surface area contributed by atoms with Crippen LogP contribution in [0.1, 0.15) is 24.2 Å². The SMILES string of the molecule is CN1CC[S+](C(C)(C)C(=O)c2ccccc2)CC1. The van der Waals surface area contributed by atoms with Gasteiger partial charge in [0.2, 0.25) is 5.78 Å². The molecule has 1 heterocycles. The van der Waals surface area contributed by atoms with Gasteiger partial charge in [-0.1, -0.05) is 30.3 Å². The molecule has 1 fully saturated rings. The Kier molecular flexibility index (Phi) is 4.13. The van der Waals surface area contributed by atoms with E-state index in [0.29, 0.717) is 5.78 Å². The lowest BCUT2D eigenvalue weighted by Gasteiger charge is -2.31. The minimum absolute atomic E-state index is 0.203. The molecule has 1 aromatic carbocycles. The lowest BCUT2D eigenvalue weighted by Crippen LogP contribution is -2.50. The van der Waals surface area contributed by atoms with Crippen LogP contribution in [0.5, 0.6) is 0 Å². The molecular formula is C15H22NOS+. The van der Waals surface area contributed by atoms with Gasteiger partial charge in [-0.3, -0.25) is 9.69 Å². The minimum Gasteiger partial charge on any atom is -0.297 e. The monoisotopic (exact) mass is 264 g/mol. The highest BCUT2D eigenvalue weighted by Gasteiger charge is 2.46. The third kappa shape index (κ3) is 2.78. The third-order valence-corrected chi connectivity index (χ3v) is 6.72. The summed E-state index contributed by atoms with van der Waals surface area (Å²) in [5, 5.41) is 0. The van der Waals surface area contributed by atoms with Crippen LogP contribution in [0.4, 0.5) is 0 Å². The highest BCUT2D eigenvalue weighted by molar-refractivity contribution is 7.99. The van der Waals surface area contributed by atoms with Gasteiger partial charge < -0.3 is 0 Å². The molecule has 98 valence electrons. The number of nitrogens with zero attached hydrogens (tertiary/aromatic N) is 1. The summed E-state index contributed by atoms with van der Waals surface area (Å²) < 4.78 is -0.220. The number of carbonyl (C=O) groups is 1. The normalized spacial score (nSPS) is 18.8. The van der Waals surface area contributed by atoms with E-state index in [4.69, 9.17) is 0 Å². The number of Topliss-reactive ketones (excluding diaryl/α,β-unsaturated/α-hetero) is 1. The predicted octanol–water partition coefficient (Wildman–Crippen LogP) is 2.21. The number of hydrogen-bond donors (Lipinski definition) is 0. The van der Waals surface area contributed by atoms with Gasteiger partial charge in [0.05, 0.1) is 0 Å². The molecule has 0 aliphatic carbocycles. The van der Waals surface area contributed by atoms with Crippen LogP contribution in [0.2, 0.25) is 0 Å². The predicted molar refractivity (Wildman–Crippen MR) is 79.4 cm³/mol. The summed E-state index contributed by atoms with van der Waals surface area (Å²) in [6.07, 6.45) is 0. The average Bonchev–Trinajstić information content (AvgIpc) is 2.39. The second-order valence-corrected chi connectivity index (χ2v) is 8.23. The van der Waals surface area contributed by atoms with E-state index in [1.165, 1.54) is 0 Å². The van der Waals surface area contributed by atoms with Crippen molar-refractivity contribution in [2.45, 2.75) is 18.6 Å². The largest absolute Gasteiger partial charge is 0.297 e. The molecule has 0 aromatic heterocycles. The maximum atomic E-state index is 12.6. The molecule has 0 unspecified atom stereocenters. The molecule has 18 heavy (non-hydrogen) atoms. The highest BCUT2D eigenvalue weighted by Crippen LogP contribution is 2.27. The minimum atomic E-state index is -0.220. The van der Waals surface area contributed by atoms with Crippen LogP contribution in [0.15, 0.2) is 30.3 Å². The second-order valence-electron chi connectivity index (χ2n) is 5.41. The fraction of sp³-hybridized carbons (Fsp3) is 0.533. The van der Waals surface area contributed by atoms with E-state index in [1.54, 1.807) is 0 Å². The van der Waals surface area contributed by atoms with E-state index in [2.05, 4.69) is 25.8 Å². The number of hydrogen-bond acceptors (Lipinski definition) is 2. The van der Waals surface area contributed by atoms with E-state index in [0.717, 1.165) is 30.2 Å². The zero-order valence-electron chi connectivity index (χ0n) is 11.5. The highest BCUT2D eigenvalue weighted by atomic mass is 32.2. The molecule has 1 saturated heterocycles. The molecule has 1 aliphatic heterocycles. The van der Waals surface area contributed by atoms with Crippen LogP contribution < -0.4 is 0 Å². The average molecular weight is 264 g/mol. The van der Waals surface area contributed by atoms with Crippen molar-refractivity contribution in [3.8, 4) is 0 Å². The third-order valence-electron chi connectivity index (χ3n) is 3.74. The Morgan fingerprint density at radius 2 is 1.72 bits per heavy atom. The van der Waals surface area contributed by atoms with Gasteiger partial charge in [0.1, 0.15) is 11.5 Å². The fourth-order valence-corrected chi connectivity index (χ4v) is 4.99.